The molecule has 0 aromatic rings. The Morgan fingerprint density at radius 1 is 0.710 bits per heavy atom. The molecule has 0 aliphatic heterocycles. The van der Waals surface area contributed by atoms with E-state index in [4.69, 9.17) is 0 Å². The molecular formula is C30H50O. The Hall–Kier alpha value is -0.300. The molecule has 0 unspecified atom stereocenters. The van der Waals surface area contributed by atoms with Crippen molar-refractivity contribution in [3.05, 3.63) is 11.6 Å². The monoisotopic (exact) mass is 426 g/mol. The zero-order valence-electron chi connectivity index (χ0n) is 21.9. The molecule has 5 aliphatic rings. The van der Waals surface area contributed by atoms with Crippen LogP contribution in [0.3, 0.4) is 0 Å². The first-order valence-corrected chi connectivity index (χ1v) is 13.6. The summed E-state index contributed by atoms with van der Waals surface area (Å²) < 4.78 is 0. The summed E-state index contributed by atoms with van der Waals surface area (Å²) >= 11 is 0. The van der Waals surface area contributed by atoms with Gasteiger partial charge in [-0.2, -0.15) is 0 Å². The number of allylic oxidation sites excluding steroid dienone is 2. The van der Waals surface area contributed by atoms with Gasteiger partial charge in [-0.05, 0) is 108 Å². The van der Waals surface area contributed by atoms with Crippen LogP contribution in [-0.2, 0) is 0 Å². The predicted octanol–water partition coefficient (Wildman–Crippen LogP) is 8.17. The lowest BCUT2D eigenvalue weighted by Gasteiger charge is -2.73. The largest absolute Gasteiger partial charge is 0.393 e. The second kappa shape index (κ2) is 6.43. The minimum absolute atomic E-state index is 0.0606. The van der Waals surface area contributed by atoms with E-state index in [1.54, 1.807) is 0 Å². The molecule has 0 spiro atoms. The zero-order chi connectivity index (χ0) is 22.7. The number of fused-ring (bicyclic) bond motifs is 7. The van der Waals surface area contributed by atoms with Gasteiger partial charge in [-0.1, -0.05) is 73.5 Å². The van der Waals surface area contributed by atoms with Crippen molar-refractivity contribution in [2.45, 2.75) is 126 Å². The molecule has 0 saturated heterocycles. The van der Waals surface area contributed by atoms with Gasteiger partial charge in [0.25, 0.3) is 0 Å². The smallest absolute Gasteiger partial charge is 0.0594 e. The van der Waals surface area contributed by atoms with Crippen LogP contribution in [0.4, 0.5) is 0 Å². The molecule has 0 radical (unpaired) electrons. The summed E-state index contributed by atoms with van der Waals surface area (Å²) in [5.74, 6) is 2.31. The standard InChI is InChI=1S/C30H50O/c1-25(2)15-9-16-27(5)20(25)12-18-29(7)22(27)10-11-23-28(6)17-14-24(31)26(3,4)21(28)13-19-30(23,29)8/h12,21-24,31H,9-11,13-19H2,1-8H3/t21-,22+,23-,24-,27+,28+,29-,30-/m1/s1. The zero-order valence-corrected chi connectivity index (χ0v) is 21.9. The van der Waals surface area contributed by atoms with Crippen LogP contribution in [0.25, 0.3) is 0 Å². The Bertz CT molecular complexity index is 790. The van der Waals surface area contributed by atoms with Crippen LogP contribution in [0.15, 0.2) is 11.6 Å². The quantitative estimate of drug-likeness (QED) is 0.387. The van der Waals surface area contributed by atoms with Crippen molar-refractivity contribution < 1.29 is 5.11 Å². The third kappa shape index (κ3) is 2.60. The topological polar surface area (TPSA) is 20.2 Å². The Labute approximate surface area is 192 Å². The summed E-state index contributed by atoms with van der Waals surface area (Å²) in [4.78, 5) is 0. The second-order valence-corrected chi connectivity index (χ2v) is 15.0. The molecule has 0 bridgehead atoms. The number of hydrogen-bond donors (Lipinski definition) is 1. The molecular weight excluding hydrogens is 376 g/mol. The van der Waals surface area contributed by atoms with E-state index in [0.29, 0.717) is 33.0 Å². The van der Waals surface area contributed by atoms with Crippen molar-refractivity contribution in [1.29, 1.82) is 0 Å². The molecule has 1 N–H and O–H groups in total. The highest BCUT2D eigenvalue weighted by Gasteiger charge is 2.69. The summed E-state index contributed by atoms with van der Waals surface area (Å²) in [6.45, 7) is 20.5. The van der Waals surface area contributed by atoms with Crippen molar-refractivity contribution >= 4 is 0 Å². The average Bonchev–Trinajstić information content (AvgIpc) is 2.65. The third-order valence-corrected chi connectivity index (χ3v) is 13.2. The number of aliphatic hydroxyl groups excluding tert-OH is 1. The van der Waals surface area contributed by atoms with Crippen molar-refractivity contribution in [2.75, 3.05) is 0 Å². The highest BCUT2D eigenvalue weighted by atomic mass is 16.3. The van der Waals surface area contributed by atoms with Gasteiger partial charge in [0.1, 0.15) is 0 Å². The first-order chi connectivity index (χ1) is 14.2. The highest BCUT2D eigenvalue weighted by molar-refractivity contribution is 5.32. The summed E-state index contributed by atoms with van der Waals surface area (Å²) in [6.07, 6.45) is 15.9. The minimum Gasteiger partial charge on any atom is -0.393 e. The van der Waals surface area contributed by atoms with Gasteiger partial charge in [-0.15, -0.1) is 0 Å². The van der Waals surface area contributed by atoms with Crippen molar-refractivity contribution in [3.63, 3.8) is 0 Å². The van der Waals surface area contributed by atoms with E-state index in [0.717, 1.165) is 18.3 Å². The summed E-state index contributed by atoms with van der Waals surface area (Å²) in [5, 5.41) is 10.9. The molecule has 0 aromatic heterocycles. The summed E-state index contributed by atoms with van der Waals surface area (Å²) in [7, 11) is 0. The van der Waals surface area contributed by atoms with Crippen LogP contribution < -0.4 is 0 Å². The average molecular weight is 427 g/mol. The molecule has 4 saturated carbocycles. The van der Waals surface area contributed by atoms with Crippen molar-refractivity contribution in [3.8, 4) is 0 Å². The van der Waals surface area contributed by atoms with Gasteiger partial charge in [-0.25, -0.2) is 0 Å². The molecule has 1 heteroatoms. The van der Waals surface area contributed by atoms with E-state index in [1.165, 1.54) is 57.8 Å². The minimum atomic E-state index is -0.120. The maximum absolute atomic E-state index is 10.9. The van der Waals surface area contributed by atoms with Gasteiger partial charge < -0.3 is 5.11 Å². The lowest BCUT2D eigenvalue weighted by molar-refractivity contribution is -0.237. The van der Waals surface area contributed by atoms with Gasteiger partial charge in [0.2, 0.25) is 0 Å². The van der Waals surface area contributed by atoms with Crippen molar-refractivity contribution in [1.82, 2.24) is 0 Å². The first-order valence-electron chi connectivity index (χ1n) is 13.6. The van der Waals surface area contributed by atoms with E-state index in [2.05, 4.69) is 61.5 Å². The molecule has 5 aliphatic carbocycles. The van der Waals surface area contributed by atoms with Crippen molar-refractivity contribution in [2.24, 2.45) is 50.2 Å². The molecule has 0 heterocycles. The molecule has 4 fully saturated rings. The number of rotatable bonds is 0. The molecule has 0 aromatic carbocycles. The lowest BCUT2D eigenvalue weighted by Crippen LogP contribution is -2.66. The maximum Gasteiger partial charge on any atom is 0.0594 e. The predicted molar refractivity (Wildman–Crippen MR) is 131 cm³/mol. The third-order valence-electron chi connectivity index (χ3n) is 13.2. The normalized spacial score (nSPS) is 55.2. The van der Waals surface area contributed by atoms with E-state index in [9.17, 15) is 5.11 Å². The van der Waals surface area contributed by atoms with Gasteiger partial charge in [0.05, 0.1) is 6.10 Å². The maximum atomic E-state index is 10.9. The van der Waals surface area contributed by atoms with Crippen LogP contribution in [0, 0.1) is 50.2 Å². The number of aliphatic hydroxyl groups is 1. The molecule has 0 amide bonds. The van der Waals surface area contributed by atoms with Gasteiger partial charge >= 0.3 is 0 Å². The summed E-state index contributed by atoms with van der Waals surface area (Å²) in [6, 6.07) is 0. The fourth-order valence-corrected chi connectivity index (χ4v) is 11.4. The Morgan fingerprint density at radius 2 is 1.39 bits per heavy atom. The molecule has 1 nitrogen and oxygen atoms in total. The van der Waals surface area contributed by atoms with Gasteiger partial charge in [0.15, 0.2) is 0 Å². The molecule has 31 heavy (non-hydrogen) atoms. The fraction of sp³-hybridized carbons (Fsp3) is 0.933. The molecule has 5 rings (SSSR count). The van der Waals surface area contributed by atoms with E-state index < -0.39 is 0 Å². The lowest BCUT2D eigenvalue weighted by atomic mass is 9.31. The van der Waals surface area contributed by atoms with Crippen LogP contribution in [0.5, 0.6) is 0 Å². The Morgan fingerprint density at radius 3 is 2.10 bits per heavy atom. The SMILES string of the molecule is CC1(C)CCC[C@@]2(C)C1=CC[C@]1(C)[C@H]2CC[C@@H]2[C@@]3(C)CC[C@@H](O)C(C)(C)[C@H]3CC[C@]21C. The van der Waals surface area contributed by atoms with E-state index >= 15 is 0 Å². The van der Waals surface area contributed by atoms with Gasteiger partial charge in [-0.3, -0.25) is 0 Å². The Kier molecular flexibility index (Phi) is 4.66. The van der Waals surface area contributed by atoms with E-state index in [1.807, 2.05) is 5.57 Å². The van der Waals surface area contributed by atoms with Crippen LogP contribution in [0.1, 0.15) is 120 Å². The van der Waals surface area contributed by atoms with Crippen LogP contribution in [0.2, 0.25) is 0 Å². The van der Waals surface area contributed by atoms with E-state index in [-0.39, 0.29) is 11.5 Å². The highest BCUT2D eigenvalue weighted by Crippen LogP contribution is 2.77. The first kappa shape index (κ1) is 22.5. The molecule has 8 atom stereocenters. The number of hydrogen-bond acceptors (Lipinski definition) is 1. The van der Waals surface area contributed by atoms with Crippen LogP contribution in [-0.4, -0.2) is 11.2 Å². The molecule has 176 valence electrons. The van der Waals surface area contributed by atoms with Crippen LogP contribution >= 0.6 is 0 Å². The fourth-order valence-electron chi connectivity index (χ4n) is 11.4. The Balaban J connectivity index is 1.58. The summed E-state index contributed by atoms with van der Waals surface area (Å²) in [5.41, 5.74) is 3.90. The second-order valence-electron chi connectivity index (χ2n) is 15.0. The van der Waals surface area contributed by atoms with Gasteiger partial charge in [0, 0.05) is 0 Å².